The number of rotatable bonds is 3. The molecule has 4 nitrogen and oxygen atoms in total. The summed E-state index contributed by atoms with van der Waals surface area (Å²) in [4.78, 5) is 21.1. The minimum absolute atomic E-state index is 0.196. The van der Waals surface area contributed by atoms with Crippen LogP contribution < -0.4 is 0 Å². The lowest BCUT2D eigenvalue weighted by Gasteiger charge is -2.33. The molecule has 0 spiro atoms. The third kappa shape index (κ3) is 3.09. The number of hydrogen-bond donors (Lipinski definition) is 0. The number of thiophene rings is 1. The Kier molecular flexibility index (Phi) is 4.34. The van der Waals surface area contributed by atoms with Crippen LogP contribution in [0.15, 0.2) is 18.3 Å². The van der Waals surface area contributed by atoms with Gasteiger partial charge in [-0.15, -0.1) is 11.3 Å². The van der Waals surface area contributed by atoms with Gasteiger partial charge in [-0.1, -0.05) is 0 Å². The first-order valence-electron chi connectivity index (χ1n) is 7.89. The molecule has 0 aromatic carbocycles. The van der Waals surface area contributed by atoms with Crippen molar-refractivity contribution in [2.75, 3.05) is 13.1 Å². The highest BCUT2D eigenvalue weighted by molar-refractivity contribution is 7.13. The predicted octanol–water partition coefficient (Wildman–Crippen LogP) is 3.42. The smallest absolute Gasteiger partial charge is 0.263 e. The van der Waals surface area contributed by atoms with Gasteiger partial charge >= 0.3 is 0 Å². The van der Waals surface area contributed by atoms with Gasteiger partial charge in [-0.2, -0.15) is 0 Å². The molecule has 0 aliphatic carbocycles. The Balaban J connectivity index is 1.68. The van der Waals surface area contributed by atoms with Crippen LogP contribution in [0.25, 0.3) is 0 Å². The zero-order chi connectivity index (χ0) is 15.7. The second kappa shape index (κ2) is 6.24. The highest BCUT2D eigenvalue weighted by Crippen LogP contribution is 2.24. The summed E-state index contributed by atoms with van der Waals surface area (Å²) < 4.78 is 2.27. The lowest BCUT2D eigenvalue weighted by molar-refractivity contribution is 0.0666. The van der Waals surface area contributed by atoms with E-state index in [4.69, 9.17) is 0 Å². The fraction of sp³-hybridized carbons (Fsp3) is 0.529. The molecular formula is C17H23N3OS. The Labute approximate surface area is 135 Å². The van der Waals surface area contributed by atoms with Crippen LogP contribution in [-0.4, -0.2) is 33.4 Å². The number of imidazole rings is 1. The maximum absolute atomic E-state index is 12.6. The van der Waals surface area contributed by atoms with E-state index in [2.05, 4.69) is 16.5 Å². The fourth-order valence-corrected chi connectivity index (χ4v) is 4.06. The third-order valence-corrected chi connectivity index (χ3v) is 5.44. The second-order valence-electron chi connectivity index (χ2n) is 6.23. The first kappa shape index (κ1) is 15.3. The number of likely N-dealkylation sites (tertiary alicyclic amines) is 1. The van der Waals surface area contributed by atoms with Gasteiger partial charge in [0.15, 0.2) is 0 Å². The summed E-state index contributed by atoms with van der Waals surface area (Å²) >= 11 is 1.59. The summed E-state index contributed by atoms with van der Waals surface area (Å²) in [5.74, 6) is 1.78. The number of piperidine rings is 1. The van der Waals surface area contributed by atoms with Gasteiger partial charge in [-0.25, -0.2) is 4.98 Å². The Morgan fingerprint density at radius 1 is 1.36 bits per heavy atom. The zero-order valence-electron chi connectivity index (χ0n) is 13.5. The standard InChI is InChI=1S/C17H23N3OS/c1-12-9-18-14(3)20(12)11-15-5-4-8-19(10-15)17(21)16-7-6-13(2)22-16/h6-7,9,15H,4-5,8,10-11H2,1-3H3. The van der Waals surface area contributed by atoms with E-state index in [1.165, 1.54) is 17.0 Å². The van der Waals surface area contributed by atoms with E-state index in [0.29, 0.717) is 5.92 Å². The molecule has 5 heteroatoms. The first-order valence-corrected chi connectivity index (χ1v) is 8.70. The van der Waals surface area contributed by atoms with Crippen LogP contribution >= 0.6 is 11.3 Å². The fourth-order valence-electron chi connectivity index (χ4n) is 3.22. The van der Waals surface area contributed by atoms with Gasteiger partial charge in [0.25, 0.3) is 5.91 Å². The van der Waals surface area contributed by atoms with Crippen LogP contribution in [0.2, 0.25) is 0 Å². The largest absolute Gasteiger partial charge is 0.338 e. The van der Waals surface area contributed by atoms with Gasteiger partial charge < -0.3 is 9.47 Å². The number of hydrogen-bond acceptors (Lipinski definition) is 3. The Hall–Kier alpha value is -1.62. The summed E-state index contributed by atoms with van der Waals surface area (Å²) in [5, 5.41) is 0. The molecule has 1 atom stereocenters. The van der Waals surface area contributed by atoms with Gasteiger partial charge in [0, 0.05) is 36.4 Å². The molecule has 1 unspecified atom stereocenters. The Bertz CT molecular complexity index is 654. The van der Waals surface area contributed by atoms with Gasteiger partial charge in [0.05, 0.1) is 4.88 Å². The SMILES string of the molecule is Cc1ccc(C(=O)N2CCCC(Cn3c(C)cnc3C)C2)s1. The molecule has 1 fully saturated rings. The molecule has 1 aliphatic rings. The number of carbonyl (C=O) groups excluding carboxylic acids is 1. The Morgan fingerprint density at radius 3 is 2.82 bits per heavy atom. The average Bonchev–Trinajstić information content (AvgIpc) is 3.08. The van der Waals surface area contributed by atoms with Crippen molar-refractivity contribution >= 4 is 17.2 Å². The van der Waals surface area contributed by atoms with Gasteiger partial charge in [0.2, 0.25) is 0 Å². The minimum atomic E-state index is 0.196. The molecule has 0 radical (unpaired) electrons. The van der Waals surface area contributed by atoms with Crippen molar-refractivity contribution in [3.8, 4) is 0 Å². The molecule has 2 aromatic heterocycles. The summed E-state index contributed by atoms with van der Waals surface area (Å²) in [7, 11) is 0. The van der Waals surface area contributed by atoms with Crippen molar-refractivity contribution in [3.05, 3.63) is 39.6 Å². The van der Waals surface area contributed by atoms with Crippen LogP contribution in [0.4, 0.5) is 0 Å². The summed E-state index contributed by atoms with van der Waals surface area (Å²) in [6.07, 6.45) is 4.20. The van der Waals surface area contributed by atoms with E-state index < -0.39 is 0 Å². The van der Waals surface area contributed by atoms with Crippen molar-refractivity contribution in [1.82, 2.24) is 14.5 Å². The van der Waals surface area contributed by atoms with Gasteiger partial charge in [0.1, 0.15) is 5.82 Å². The molecule has 0 bridgehead atoms. The van der Waals surface area contributed by atoms with Crippen LogP contribution in [0.5, 0.6) is 0 Å². The lowest BCUT2D eigenvalue weighted by atomic mass is 9.97. The van der Waals surface area contributed by atoms with Crippen LogP contribution in [-0.2, 0) is 6.54 Å². The summed E-state index contributed by atoms with van der Waals surface area (Å²) in [6, 6.07) is 3.98. The van der Waals surface area contributed by atoms with E-state index >= 15 is 0 Å². The van der Waals surface area contributed by atoms with Crippen LogP contribution in [0.3, 0.4) is 0 Å². The van der Waals surface area contributed by atoms with Gasteiger partial charge in [-0.3, -0.25) is 4.79 Å². The number of carbonyl (C=O) groups is 1. The maximum Gasteiger partial charge on any atom is 0.263 e. The van der Waals surface area contributed by atoms with Gasteiger partial charge in [-0.05, 0) is 51.7 Å². The molecule has 3 rings (SSSR count). The van der Waals surface area contributed by atoms with E-state index in [1.54, 1.807) is 11.3 Å². The first-order chi connectivity index (χ1) is 10.5. The molecule has 3 heterocycles. The summed E-state index contributed by atoms with van der Waals surface area (Å²) in [5.41, 5.74) is 1.20. The molecule has 22 heavy (non-hydrogen) atoms. The third-order valence-electron chi connectivity index (χ3n) is 4.45. The van der Waals surface area contributed by atoms with E-state index in [1.807, 2.05) is 37.1 Å². The lowest BCUT2D eigenvalue weighted by Crippen LogP contribution is -2.41. The van der Waals surface area contributed by atoms with Crippen molar-refractivity contribution in [2.24, 2.45) is 5.92 Å². The minimum Gasteiger partial charge on any atom is -0.338 e. The molecule has 1 amide bonds. The topological polar surface area (TPSA) is 38.1 Å². The van der Waals surface area contributed by atoms with Crippen molar-refractivity contribution in [1.29, 1.82) is 0 Å². The highest BCUT2D eigenvalue weighted by atomic mass is 32.1. The summed E-state index contributed by atoms with van der Waals surface area (Å²) in [6.45, 7) is 8.89. The van der Waals surface area contributed by atoms with E-state index in [0.717, 1.165) is 36.8 Å². The van der Waals surface area contributed by atoms with Crippen molar-refractivity contribution < 1.29 is 4.79 Å². The average molecular weight is 317 g/mol. The number of aromatic nitrogens is 2. The van der Waals surface area contributed by atoms with E-state index in [-0.39, 0.29) is 5.91 Å². The normalized spacial score (nSPS) is 18.7. The molecular weight excluding hydrogens is 294 g/mol. The molecule has 1 aliphatic heterocycles. The van der Waals surface area contributed by atoms with Crippen molar-refractivity contribution in [2.45, 2.75) is 40.2 Å². The zero-order valence-corrected chi connectivity index (χ0v) is 14.3. The molecule has 118 valence electrons. The molecule has 1 saturated heterocycles. The maximum atomic E-state index is 12.6. The number of aryl methyl sites for hydroxylation is 3. The predicted molar refractivity (Wildman–Crippen MR) is 89.4 cm³/mol. The highest BCUT2D eigenvalue weighted by Gasteiger charge is 2.26. The number of nitrogens with zero attached hydrogens (tertiary/aromatic N) is 3. The van der Waals surface area contributed by atoms with Crippen LogP contribution in [0.1, 0.15) is 38.9 Å². The van der Waals surface area contributed by atoms with E-state index in [9.17, 15) is 4.79 Å². The monoisotopic (exact) mass is 317 g/mol. The second-order valence-corrected chi connectivity index (χ2v) is 7.52. The molecule has 2 aromatic rings. The quantitative estimate of drug-likeness (QED) is 0.870. The van der Waals surface area contributed by atoms with Crippen molar-refractivity contribution in [3.63, 3.8) is 0 Å². The molecule has 0 saturated carbocycles. The van der Waals surface area contributed by atoms with Crippen LogP contribution in [0, 0.1) is 26.7 Å². The molecule has 0 N–H and O–H groups in total. The number of amides is 1. The Morgan fingerprint density at radius 2 is 2.18 bits per heavy atom.